The Morgan fingerprint density at radius 1 is 0.345 bits per heavy atom. The van der Waals surface area contributed by atoms with Crippen molar-refractivity contribution in [3.8, 4) is 11.4 Å². The molecule has 0 fully saturated rings. The average molecular weight is 743 g/mol. The summed E-state index contributed by atoms with van der Waals surface area (Å²) < 4.78 is 4.76. The Hall–Kier alpha value is -7.56. The average Bonchev–Trinajstić information content (AvgIpc) is 3.93. The van der Waals surface area contributed by atoms with E-state index >= 15 is 0 Å². The van der Waals surface area contributed by atoms with Gasteiger partial charge in [-0.1, -0.05) is 115 Å². The number of aromatic nitrogens is 2. The number of hydrogen-bond donors (Lipinski definition) is 0. The lowest BCUT2D eigenvalue weighted by Gasteiger charge is -2.30. The summed E-state index contributed by atoms with van der Waals surface area (Å²) in [6.45, 7) is 0. The topological polar surface area (TPSA) is 16.3 Å². The van der Waals surface area contributed by atoms with E-state index in [1.807, 2.05) is 0 Å². The maximum absolute atomic E-state index is 2.50. The van der Waals surface area contributed by atoms with Crippen molar-refractivity contribution < 1.29 is 0 Å². The summed E-state index contributed by atoms with van der Waals surface area (Å²) in [6, 6.07) is 71.0. The lowest BCUT2D eigenvalue weighted by molar-refractivity contribution is 0.745. The van der Waals surface area contributed by atoms with Gasteiger partial charge in [0.2, 0.25) is 0 Å². The summed E-state index contributed by atoms with van der Waals surface area (Å²) in [4.78, 5) is 4.87. The van der Waals surface area contributed by atoms with Gasteiger partial charge in [-0.05, 0) is 109 Å². The van der Waals surface area contributed by atoms with E-state index in [0.717, 1.165) is 28.4 Å². The molecule has 0 bridgehead atoms. The van der Waals surface area contributed by atoms with Crippen LogP contribution in [-0.4, -0.2) is 15.2 Å². The lowest BCUT2D eigenvalue weighted by Crippen LogP contribution is -2.28. The molecule has 12 rings (SSSR count). The van der Waals surface area contributed by atoms with Crippen LogP contribution in [0.4, 0.5) is 28.4 Å². The molecule has 8 aromatic carbocycles. The van der Waals surface area contributed by atoms with Gasteiger partial charge in [0.05, 0.1) is 28.1 Å². The standard InChI is InChI=1S/C54H38N4/c1-7-19-49-43(13-1)44-14-2-8-20-50(44)56(49)40-31-25-37(26-32-40)55(38-27-33-41(34-28-38)57-51-21-9-3-15-45(51)46-16-4-10-22-52(46)57)39-29-35-42(36-30-39)58-53-23-11-5-17-47(53)48-18-6-12-24-54(48)58/h1-36,43,49H. The minimum Gasteiger partial charge on any atom is -0.333 e. The number of hydrogen-bond acceptors (Lipinski definition) is 2. The fourth-order valence-corrected chi connectivity index (χ4v) is 9.70. The van der Waals surface area contributed by atoms with Crippen molar-refractivity contribution in [3.05, 3.63) is 224 Å². The maximum Gasteiger partial charge on any atom is 0.0629 e. The molecule has 4 heteroatoms. The molecule has 0 saturated heterocycles. The number of para-hydroxylation sites is 5. The van der Waals surface area contributed by atoms with Gasteiger partial charge in [0.25, 0.3) is 0 Å². The molecule has 2 atom stereocenters. The summed E-state index contributed by atoms with van der Waals surface area (Å²) in [5.74, 6) is 0.346. The van der Waals surface area contributed by atoms with E-state index in [9.17, 15) is 0 Å². The van der Waals surface area contributed by atoms with Crippen LogP contribution in [0.1, 0.15) is 11.5 Å². The quantitative estimate of drug-likeness (QED) is 0.169. The van der Waals surface area contributed by atoms with Crippen molar-refractivity contribution in [3.63, 3.8) is 0 Å². The summed E-state index contributed by atoms with van der Waals surface area (Å²) in [7, 11) is 0. The molecule has 4 nitrogen and oxygen atoms in total. The van der Waals surface area contributed by atoms with E-state index in [0.29, 0.717) is 5.92 Å². The molecule has 2 unspecified atom stereocenters. The SMILES string of the molecule is C1=CC2c3ccccc3N(c3ccc(N(c4ccc(-n5c6ccccc6c6ccccc65)cc4)c4ccc(-n5c6ccccc6c6ccccc65)cc4)cc3)C2C=C1. The highest BCUT2D eigenvalue weighted by atomic mass is 15.2. The van der Waals surface area contributed by atoms with Crippen molar-refractivity contribution in [1.82, 2.24) is 9.13 Å². The van der Waals surface area contributed by atoms with Crippen LogP contribution < -0.4 is 9.80 Å². The van der Waals surface area contributed by atoms with E-state index < -0.39 is 0 Å². The molecule has 1 aliphatic heterocycles. The van der Waals surface area contributed by atoms with Crippen LogP contribution in [-0.2, 0) is 0 Å². The normalized spacial score (nSPS) is 15.8. The fourth-order valence-electron chi connectivity index (χ4n) is 9.70. The van der Waals surface area contributed by atoms with Crippen LogP contribution in [0.25, 0.3) is 55.0 Å². The van der Waals surface area contributed by atoms with Crippen molar-refractivity contribution in [2.75, 3.05) is 9.80 Å². The molecule has 1 aliphatic carbocycles. The number of rotatable bonds is 6. The van der Waals surface area contributed by atoms with Crippen molar-refractivity contribution in [1.29, 1.82) is 0 Å². The Morgan fingerprint density at radius 3 is 1.19 bits per heavy atom. The Morgan fingerprint density at radius 2 is 0.724 bits per heavy atom. The largest absolute Gasteiger partial charge is 0.333 e. The van der Waals surface area contributed by atoms with E-state index in [2.05, 4.69) is 237 Å². The molecule has 3 heterocycles. The predicted molar refractivity (Wildman–Crippen MR) is 243 cm³/mol. The van der Waals surface area contributed by atoms with Gasteiger partial charge >= 0.3 is 0 Å². The fraction of sp³-hybridized carbons (Fsp3) is 0.0370. The van der Waals surface area contributed by atoms with Gasteiger partial charge < -0.3 is 18.9 Å². The first-order chi connectivity index (χ1) is 28.8. The Kier molecular flexibility index (Phi) is 7.32. The predicted octanol–water partition coefficient (Wildman–Crippen LogP) is 14.1. The van der Waals surface area contributed by atoms with Gasteiger partial charge in [0.1, 0.15) is 0 Å². The lowest BCUT2D eigenvalue weighted by atomic mass is 9.91. The van der Waals surface area contributed by atoms with Gasteiger partial charge in [-0.25, -0.2) is 0 Å². The van der Waals surface area contributed by atoms with Gasteiger partial charge in [-0.2, -0.15) is 0 Å². The molecule has 2 aliphatic rings. The number of allylic oxidation sites excluding steroid dienone is 2. The highest BCUT2D eigenvalue weighted by molar-refractivity contribution is 6.10. The first-order valence-corrected chi connectivity index (χ1v) is 20.1. The second-order valence-corrected chi connectivity index (χ2v) is 15.3. The monoisotopic (exact) mass is 742 g/mol. The van der Waals surface area contributed by atoms with Crippen LogP contribution >= 0.6 is 0 Å². The zero-order valence-electron chi connectivity index (χ0n) is 31.7. The highest BCUT2D eigenvalue weighted by Gasteiger charge is 2.37. The highest BCUT2D eigenvalue weighted by Crippen LogP contribution is 2.48. The molecule has 58 heavy (non-hydrogen) atoms. The van der Waals surface area contributed by atoms with Crippen LogP contribution in [0, 0.1) is 0 Å². The van der Waals surface area contributed by atoms with Crippen molar-refractivity contribution in [2.45, 2.75) is 12.0 Å². The second-order valence-electron chi connectivity index (χ2n) is 15.3. The summed E-state index contributed by atoms with van der Waals surface area (Å²) in [5, 5.41) is 5.05. The third-order valence-corrected chi connectivity index (χ3v) is 12.2. The molecule has 0 radical (unpaired) electrons. The second kappa shape index (κ2) is 13.0. The Balaban J connectivity index is 0.972. The van der Waals surface area contributed by atoms with Crippen LogP contribution in [0.5, 0.6) is 0 Å². The first kappa shape index (κ1) is 32.7. The molecular weight excluding hydrogens is 705 g/mol. The molecule has 0 amide bonds. The third-order valence-electron chi connectivity index (χ3n) is 12.2. The van der Waals surface area contributed by atoms with Gasteiger partial charge in [0.15, 0.2) is 0 Å². The van der Waals surface area contributed by atoms with Gasteiger partial charge in [-0.15, -0.1) is 0 Å². The maximum atomic E-state index is 2.50. The smallest absolute Gasteiger partial charge is 0.0629 e. The number of nitrogens with zero attached hydrogens (tertiary/aromatic N) is 4. The minimum atomic E-state index is 0.256. The molecule has 0 saturated carbocycles. The van der Waals surface area contributed by atoms with Crippen molar-refractivity contribution in [2.24, 2.45) is 0 Å². The molecule has 274 valence electrons. The Labute approximate surface area is 337 Å². The van der Waals surface area contributed by atoms with Crippen LogP contribution in [0.15, 0.2) is 218 Å². The zero-order chi connectivity index (χ0) is 38.2. The third kappa shape index (κ3) is 4.95. The van der Waals surface area contributed by atoms with Crippen LogP contribution in [0.2, 0.25) is 0 Å². The number of fused-ring (bicyclic) bond motifs is 9. The van der Waals surface area contributed by atoms with Gasteiger partial charge in [0, 0.05) is 67.3 Å². The summed E-state index contributed by atoms with van der Waals surface area (Å²) in [6.07, 6.45) is 9.04. The summed E-state index contributed by atoms with van der Waals surface area (Å²) >= 11 is 0. The van der Waals surface area contributed by atoms with E-state index in [1.54, 1.807) is 0 Å². The van der Waals surface area contributed by atoms with Crippen LogP contribution in [0.3, 0.4) is 0 Å². The molecule has 0 N–H and O–H groups in total. The van der Waals surface area contributed by atoms with Gasteiger partial charge in [-0.3, -0.25) is 0 Å². The molecule has 10 aromatic rings. The molecule has 0 spiro atoms. The number of anilines is 5. The van der Waals surface area contributed by atoms with E-state index in [4.69, 9.17) is 0 Å². The zero-order valence-corrected chi connectivity index (χ0v) is 31.7. The van der Waals surface area contributed by atoms with E-state index in [1.165, 1.54) is 60.5 Å². The van der Waals surface area contributed by atoms with E-state index in [-0.39, 0.29) is 6.04 Å². The number of benzene rings is 8. The minimum absolute atomic E-state index is 0.256. The summed E-state index contributed by atoms with van der Waals surface area (Å²) in [5.41, 5.74) is 14.2. The van der Waals surface area contributed by atoms with Crippen molar-refractivity contribution >= 4 is 72.0 Å². The Bertz CT molecular complexity index is 2970. The molecule has 2 aromatic heterocycles. The first-order valence-electron chi connectivity index (χ1n) is 20.1. The molecular formula is C54H38N4.